The van der Waals surface area contributed by atoms with Crippen molar-refractivity contribution in [1.82, 2.24) is 0 Å². The van der Waals surface area contributed by atoms with Crippen LogP contribution in [0.25, 0.3) is 0 Å². The number of rotatable bonds is 2. The van der Waals surface area contributed by atoms with E-state index in [2.05, 4.69) is 0 Å². The summed E-state index contributed by atoms with van der Waals surface area (Å²) in [7, 11) is 0. The van der Waals surface area contributed by atoms with Crippen LogP contribution in [0.4, 0.5) is 8.78 Å². The van der Waals surface area contributed by atoms with Crippen molar-refractivity contribution in [2.75, 3.05) is 0 Å². The van der Waals surface area contributed by atoms with Gasteiger partial charge in [0.2, 0.25) is 0 Å². The Hall–Kier alpha value is -0.960. The minimum Gasteiger partial charge on any atom is -0.389 e. The molecule has 2 rings (SSSR count). The van der Waals surface area contributed by atoms with E-state index in [4.69, 9.17) is 0 Å². The van der Waals surface area contributed by atoms with Crippen molar-refractivity contribution < 1.29 is 13.9 Å². The first kappa shape index (κ1) is 12.5. The maximum Gasteiger partial charge on any atom is 0.126 e. The monoisotopic (exact) mass is 240 g/mol. The maximum atomic E-state index is 13.1. The van der Waals surface area contributed by atoms with Gasteiger partial charge in [0.1, 0.15) is 11.6 Å². The first-order valence-corrected chi connectivity index (χ1v) is 6.00. The fourth-order valence-corrected chi connectivity index (χ4v) is 2.77. The molecule has 0 aliphatic heterocycles. The Morgan fingerprint density at radius 1 is 1.12 bits per heavy atom. The summed E-state index contributed by atoms with van der Waals surface area (Å²) < 4.78 is 26.2. The average molecular weight is 240 g/mol. The summed E-state index contributed by atoms with van der Waals surface area (Å²) in [5, 5.41) is 10.6. The van der Waals surface area contributed by atoms with E-state index in [1.54, 1.807) is 0 Å². The lowest BCUT2D eigenvalue weighted by Gasteiger charge is -2.37. The molecule has 0 amide bonds. The van der Waals surface area contributed by atoms with E-state index in [1.165, 1.54) is 12.1 Å². The molecule has 1 fully saturated rings. The van der Waals surface area contributed by atoms with E-state index in [0.717, 1.165) is 18.9 Å². The topological polar surface area (TPSA) is 20.2 Å². The van der Waals surface area contributed by atoms with Gasteiger partial charge in [-0.2, -0.15) is 0 Å². The van der Waals surface area contributed by atoms with Crippen molar-refractivity contribution in [3.05, 3.63) is 35.4 Å². The molecule has 1 nitrogen and oxygen atoms in total. The Bertz CT molecular complexity index is 408. The molecule has 1 atom stereocenters. The minimum atomic E-state index is -0.854. The van der Waals surface area contributed by atoms with E-state index in [9.17, 15) is 13.9 Å². The van der Waals surface area contributed by atoms with Crippen LogP contribution in [-0.2, 0) is 6.42 Å². The van der Waals surface area contributed by atoms with Crippen LogP contribution in [0.5, 0.6) is 0 Å². The Kier molecular flexibility index (Phi) is 2.98. The third-order valence-electron chi connectivity index (χ3n) is 4.07. The second-order valence-corrected chi connectivity index (χ2v) is 5.72. The summed E-state index contributed by atoms with van der Waals surface area (Å²) in [5.41, 5.74) is -0.525. The van der Waals surface area contributed by atoms with Crippen LogP contribution in [0.2, 0.25) is 0 Å². The SMILES string of the molecule is CC1(C)CCCC1(O)Cc1cc(F)cc(F)c1. The average Bonchev–Trinajstić information content (AvgIpc) is 2.38. The molecule has 3 heteroatoms. The van der Waals surface area contributed by atoms with Gasteiger partial charge in [-0.3, -0.25) is 0 Å². The van der Waals surface area contributed by atoms with Crippen LogP contribution >= 0.6 is 0 Å². The molecule has 0 bridgehead atoms. The summed E-state index contributed by atoms with van der Waals surface area (Å²) in [6.45, 7) is 4.02. The second-order valence-electron chi connectivity index (χ2n) is 5.72. The molecule has 94 valence electrons. The molecular weight excluding hydrogens is 222 g/mol. The third-order valence-corrected chi connectivity index (χ3v) is 4.07. The lowest BCUT2D eigenvalue weighted by molar-refractivity contribution is -0.0420. The summed E-state index contributed by atoms with van der Waals surface area (Å²) in [5.74, 6) is -1.17. The highest BCUT2D eigenvalue weighted by atomic mass is 19.1. The molecule has 0 radical (unpaired) electrons. The van der Waals surface area contributed by atoms with E-state index in [1.807, 2.05) is 13.8 Å². The molecule has 1 aliphatic rings. The lowest BCUT2D eigenvalue weighted by Crippen LogP contribution is -2.41. The highest BCUT2D eigenvalue weighted by Gasteiger charge is 2.47. The molecule has 0 heterocycles. The molecule has 1 saturated carbocycles. The molecule has 1 unspecified atom stereocenters. The second kappa shape index (κ2) is 4.05. The smallest absolute Gasteiger partial charge is 0.126 e. The molecule has 1 aliphatic carbocycles. The Morgan fingerprint density at radius 2 is 1.71 bits per heavy atom. The zero-order chi connectivity index (χ0) is 12.7. The van der Waals surface area contributed by atoms with Crippen LogP contribution in [0.1, 0.15) is 38.7 Å². The van der Waals surface area contributed by atoms with Crippen molar-refractivity contribution in [2.45, 2.75) is 45.1 Å². The molecule has 1 N–H and O–H groups in total. The lowest BCUT2D eigenvalue weighted by atomic mass is 9.74. The fraction of sp³-hybridized carbons (Fsp3) is 0.571. The van der Waals surface area contributed by atoms with Crippen molar-refractivity contribution in [1.29, 1.82) is 0 Å². The van der Waals surface area contributed by atoms with Gasteiger partial charge in [-0.25, -0.2) is 8.78 Å². The van der Waals surface area contributed by atoms with Crippen molar-refractivity contribution in [3.63, 3.8) is 0 Å². The molecule has 17 heavy (non-hydrogen) atoms. The predicted octanol–water partition coefficient (Wildman–Crippen LogP) is 3.45. The van der Waals surface area contributed by atoms with Crippen LogP contribution in [0.15, 0.2) is 18.2 Å². The quantitative estimate of drug-likeness (QED) is 0.839. The van der Waals surface area contributed by atoms with E-state index >= 15 is 0 Å². The molecule has 0 aromatic heterocycles. The van der Waals surface area contributed by atoms with Gasteiger partial charge in [0.05, 0.1) is 5.60 Å². The van der Waals surface area contributed by atoms with Gasteiger partial charge in [0, 0.05) is 12.5 Å². The van der Waals surface area contributed by atoms with E-state index < -0.39 is 17.2 Å². The predicted molar refractivity (Wildman–Crippen MR) is 62.6 cm³/mol. The zero-order valence-corrected chi connectivity index (χ0v) is 10.3. The molecule has 1 aromatic rings. The minimum absolute atomic E-state index is 0.199. The number of hydrogen-bond donors (Lipinski definition) is 1. The van der Waals surface area contributed by atoms with E-state index in [0.29, 0.717) is 18.4 Å². The van der Waals surface area contributed by atoms with Crippen molar-refractivity contribution in [2.24, 2.45) is 5.41 Å². The Morgan fingerprint density at radius 3 is 2.18 bits per heavy atom. The van der Waals surface area contributed by atoms with Crippen molar-refractivity contribution in [3.8, 4) is 0 Å². The van der Waals surface area contributed by atoms with Crippen LogP contribution in [0, 0.1) is 17.0 Å². The number of benzene rings is 1. The standard InChI is InChI=1S/C14H18F2O/c1-13(2)4-3-5-14(13,17)9-10-6-11(15)8-12(16)7-10/h6-8,17H,3-5,9H2,1-2H3. The maximum absolute atomic E-state index is 13.1. The van der Waals surface area contributed by atoms with Crippen LogP contribution in [-0.4, -0.2) is 10.7 Å². The zero-order valence-electron chi connectivity index (χ0n) is 10.3. The number of halogens is 2. The summed E-state index contributed by atoms with van der Waals surface area (Å²) in [6.07, 6.45) is 2.91. The van der Waals surface area contributed by atoms with Gasteiger partial charge in [-0.1, -0.05) is 13.8 Å². The molecule has 0 spiro atoms. The van der Waals surface area contributed by atoms with Crippen LogP contribution < -0.4 is 0 Å². The van der Waals surface area contributed by atoms with Gasteiger partial charge in [0.25, 0.3) is 0 Å². The summed E-state index contributed by atoms with van der Waals surface area (Å²) >= 11 is 0. The first-order valence-electron chi connectivity index (χ1n) is 6.00. The largest absolute Gasteiger partial charge is 0.389 e. The summed E-state index contributed by atoms with van der Waals surface area (Å²) in [4.78, 5) is 0. The fourth-order valence-electron chi connectivity index (χ4n) is 2.77. The van der Waals surface area contributed by atoms with Gasteiger partial charge < -0.3 is 5.11 Å². The molecule has 0 saturated heterocycles. The van der Waals surface area contributed by atoms with Crippen molar-refractivity contribution >= 4 is 0 Å². The highest BCUT2D eigenvalue weighted by Crippen LogP contribution is 2.47. The summed E-state index contributed by atoms with van der Waals surface area (Å²) in [6, 6.07) is 3.46. The Balaban J connectivity index is 2.26. The molecule has 1 aromatic carbocycles. The third kappa shape index (κ3) is 2.34. The van der Waals surface area contributed by atoms with E-state index in [-0.39, 0.29) is 5.41 Å². The number of aliphatic hydroxyl groups is 1. The van der Waals surface area contributed by atoms with Gasteiger partial charge >= 0.3 is 0 Å². The van der Waals surface area contributed by atoms with Crippen LogP contribution in [0.3, 0.4) is 0 Å². The number of hydrogen-bond acceptors (Lipinski definition) is 1. The molecular formula is C14H18F2O. The van der Waals surface area contributed by atoms with Gasteiger partial charge in [-0.05, 0) is 42.4 Å². The Labute approximate surface area is 100 Å². The van der Waals surface area contributed by atoms with Gasteiger partial charge in [-0.15, -0.1) is 0 Å². The normalized spacial score (nSPS) is 27.4. The first-order chi connectivity index (χ1) is 7.82. The van der Waals surface area contributed by atoms with Gasteiger partial charge in [0.15, 0.2) is 0 Å². The highest BCUT2D eigenvalue weighted by molar-refractivity contribution is 5.21.